The maximum absolute atomic E-state index is 13.8. The van der Waals surface area contributed by atoms with Gasteiger partial charge >= 0.3 is 6.18 Å². The predicted molar refractivity (Wildman–Crippen MR) is 124 cm³/mol. The van der Waals surface area contributed by atoms with Gasteiger partial charge < -0.3 is 26.0 Å². The Kier molecular flexibility index (Phi) is 7.59. The zero-order valence-corrected chi connectivity index (χ0v) is 18.8. The van der Waals surface area contributed by atoms with E-state index in [2.05, 4.69) is 15.3 Å². The molecule has 2 atom stereocenters. The second kappa shape index (κ2) is 9.83. The zero-order valence-electron chi connectivity index (χ0n) is 18.8. The number of nitrogen functional groups attached to an aromatic ring is 1. The highest BCUT2D eigenvalue weighted by atomic mass is 19.4. The maximum atomic E-state index is 13.8. The standard InChI is InChI=1S/C21H22B3F3N4O4/c1-10(32)19(34,21(25,26)27)11-2-3-14(20(22,23)24)13(8-11)15-9-29-17(28)16(31-15)18(33)30-12-4-6-35-7-5-12/h2-3,8-10,12,32,34H,4-7H2,1H3,(H2,28,29)(H,30,33). The fourth-order valence-electron chi connectivity index (χ4n) is 3.80. The van der Waals surface area contributed by atoms with E-state index in [-0.39, 0.29) is 34.4 Å². The van der Waals surface area contributed by atoms with Gasteiger partial charge in [0.25, 0.3) is 5.91 Å². The number of aliphatic hydroxyl groups is 2. The number of halogens is 3. The first-order chi connectivity index (χ1) is 16.2. The Morgan fingerprint density at radius 2 is 1.89 bits per heavy atom. The normalized spacial score (nSPS) is 18.0. The minimum Gasteiger partial charge on any atom is -0.390 e. The smallest absolute Gasteiger partial charge is 0.390 e. The maximum Gasteiger partial charge on any atom is 0.424 e. The van der Waals surface area contributed by atoms with Crippen LogP contribution in [0, 0.1) is 0 Å². The van der Waals surface area contributed by atoms with Crippen LogP contribution in [0.5, 0.6) is 0 Å². The van der Waals surface area contributed by atoms with Gasteiger partial charge in [-0.2, -0.15) is 13.2 Å². The molecule has 0 saturated carbocycles. The van der Waals surface area contributed by atoms with E-state index in [4.69, 9.17) is 34.0 Å². The van der Waals surface area contributed by atoms with E-state index >= 15 is 0 Å². The number of alkyl halides is 3. The van der Waals surface area contributed by atoms with Gasteiger partial charge in [0.05, 0.1) is 41.5 Å². The van der Waals surface area contributed by atoms with Crippen LogP contribution in [0.1, 0.15) is 41.4 Å². The topological polar surface area (TPSA) is 131 Å². The monoisotopic (exact) mass is 484 g/mol. The van der Waals surface area contributed by atoms with Crippen LogP contribution in [0.2, 0.25) is 0 Å². The van der Waals surface area contributed by atoms with Gasteiger partial charge in [0.15, 0.2) is 11.5 Å². The molecule has 1 saturated heterocycles. The molecule has 1 aromatic carbocycles. The quantitative estimate of drug-likeness (QED) is 0.437. The molecule has 3 rings (SSSR count). The first kappa shape index (κ1) is 27.0. The Labute approximate surface area is 204 Å². The molecule has 1 aliphatic rings. The number of carbonyl (C=O) groups excluding carboxylic acids is 1. The molecule has 1 fully saturated rings. The number of hydrogen-bond acceptors (Lipinski definition) is 7. The summed E-state index contributed by atoms with van der Waals surface area (Å²) in [6.07, 6.45) is -5.22. The number of nitrogens with two attached hydrogens (primary N) is 1. The summed E-state index contributed by atoms with van der Waals surface area (Å²) in [7, 11) is 17.4. The van der Waals surface area contributed by atoms with Crippen molar-refractivity contribution in [2.75, 3.05) is 18.9 Å². The van der Waals surface area contributed by atoms with Crippen LogP contribution in [-0.4, -0.2) is 81.2 Å². The Bertz CT molecular complexity index is 1090. The van der Waals surface area contributed by atoms with Crippen molar-refractivity contribution in [3.05, 3.63) is 41.2 Å². The first-order valence-electron chi connectivity index (χ1n) is 10.7. The second-order valence-electron chi connectivity index (χ2n) is 8.48. The molecule has 1 aromatic heterocycles. The van der Waals surface area contributed by atoms with E-state index in [1.54, 1.807) is 0 Å². The van der Waals surface area contributed by atoms with E-state index in [9.17, 15) is 28.2 Å². The molecule has 5 N–H and O–H groups in total. The number of benzene rings is 1. The molecule has 6 radical (unpaired) electrons. The van der Waals surface area contributed by atoms with Crippen molar-refractivity contribution < 1.29 is 32.9 Å². The molecule has 0 bridgehead atoms. The van der Waals surface area contributed by atoms with Crippen molar-refractivity contribution in [3.63, 3.8) is 0 Å². The van der Waals surface area contributed by atoms with Crippen LogP contribution in [0.3, 0.4) is 0 Å². The number of aliphatic hydroxyl groups excluding tert-OH is 1. The van der Waals surface area contributed by atoms with Crippen LogP contribution < -0.4 is 11.1 Å². The summed E-state index contributed by atoms with van der Waals surface area (Å²) < 4.78 is 46.5. The Balaban J connectivity index is 2.13. The van der Waals surface area contributed by atoms with Crippen molar-refractivity contribution in [1.82, 2.24) is 15.3 Å². The number of anilines is 1. The van der Waals surface area contributed by atoms with Gasteiger partial charge in [-0.05, 0) is 31.4 Å². The molecule has 2 aromatic rings. The lowest BCUT2D eigenvalue weighted by atomic mass is 9.39. The van der Waals surface area contributed by atoms with Gasteiger partial charge in [0, 0.05) is 24.8 Å². The highest BCUT2D eigenvalue weighted by Crippen LogP contribution is 2.43. The molecule has 180 valence electrons. The van der Waals surface area contributed by atoms with Gasteiger partial charge in [0.2, 0.25) is 5.60 Å². The molecule has 0 spiro atoms. The summed E-state index contributed by atoms with van der Waals surface area (Å²) in [5.74, 6) is -0.858. The zero-order chi connectivity index (χ0) is 26.2. The van der Waals surface area contributed by atoms with E-state index in [1.807, 2.05) is 0 Å². The highest BCUT2D eigenvalue weighted by Gasteiger charge is 2.58. The molecule has 1 aliphatic heterocycles. The molecule has 14 heteroatoms. The number of hydrogen-bond donors (Lipinski definition) is 4. The molecular weight excluding hydrogens is 462 g/mol. The largest absolute Gasteiger partial charge is 0.424 e. The lowest BCUT2D eigenvalue weighted by molar-refractivity contribution is -0.295. The Morgan fingerprint density at radius 1 is 1.26 bits per heavy atom. The van der Waals surface area contributed by atoms with E-state index in [0.717, 1.165) is 31.3 Å². The van der Waals surface area contributed by atoms with Crippen molar-refractivity contribution in [3.8, 4) is 11.3 Å². The van der Waals surface area contributed by atoms with Crippen LogP contribution in [0.4, 0.5) is 19.0 Å². The van der Waals surface area contributed by atoms with Gasteiger partial charge in [-0.15, -0.1) is 5.11 Å². The lowest BCUT2D eigenvalue weighted by Gasteiger charge is -2.35. The van der Waals surface area contributed by atoms with E-state index in [1.165, 1.54) is 0 Å². The fraction of sp³-hybridized carbons (Fsp3) is 0.476. The van der Waals surface area contributed by atoms with Crippen molar-refractivity contribution in [2.45, 2.75) is 48.8 Å². The van der Waals surface area contributed by atoms with Gasteiger partial charge in [-0.1, -0.05) is 17.7 Å². The van der Waals surface area contributed by atoms with Crippen LogP contribution in [0.25, 0.3) is 11.3 Å². The minimum absolute atomic E-state index is 0.0637. The third kappa shape index (κ3) is 5.49. The van der Waals surface area contributed by atoms with E-state index in [0.29, 0.717) is 26.1 Å². The molecule has 35 heavy (non-hydrogen) atoms. The SMILES string of the molecule is [B]C([B])([B])c1ccc(C(O)(C(C)O)C(F)(F)F)cc1-c1cnc(N)c(C(=O)NC2CCOCC2)n1. The lowest BCUT2D eigenvalue weighted by Crippen LogP contribution is -2.50. The Morgan fingerprint density at radius 3 is 2.43 bits per heavy atom. The summed E-state index contributed by atoms with van der Waals surface area (Å²) in [6.45, 7) is 1.74. The number of ether oxygens (including phenoxy) is 1. The van der Waals surface area contributed by atoms with Gasteiger partial charge in [0.1, 0.15) is 0 Å². The Hall–Kier alpha value is -2.57. The summed E-state index contributed by atoms with van der Waals surface area (Å²) in [6, 6.07) is 2.67. The summed E-state index contributed by atoms with van der Waals surface area (Å²) in [5.41, 5.74) is 0.862. The van der Waals surface area contributed by atoms with Crippen molar-refractivity contribution >= 4 is 35.3 Å². The average Bonchev–Trinajstić information content (AvgIpc) is 2.77. The molecule has 2 heterocycles. The van der Waals surface area contributed by atoms with Gasteiger partial charge in [-0.25, -0.2) is 9.97 Å². The minimum atomic E-state index is -5.24. The number of nitrogens with zero attached hydrogens (tertiary/aromatic N) is 2. The number of amides is 1. The van der Waals surface area contributed by atoms with Crippen LogP contribution in [-0.2, 0) is 15.5 Å². The summed E-state index contributed by atoms with van der Waals surface area (Å²) >= 11 is 0. The first-order valence-corrected chi connectivity index (χ1v) is 10.7. The predicted octanol–water partition coefficient (Wildman–Crippen LogP) is 0.381. The van der Waals surface area contributed by atoms with Crippen molar-refractivity contribution in [2.24, 2.45) is 0 Å². The number of rotatable bonds is 6. The summed E-state index contributed by atoms with van der Waals surface area (Å²) in [5, 5.41) is 21.0. The third-order valence-electron chi connectivity index (χ3n) is 5.81. The number of aromatic nitrogens is 2. The molecule has 1 amide bonds. The molecule has 8 nitrogen and oxygen atoms in total. The van der Waals surface area contributed by atoms with Crippen LogP contribution in [0.15, 0.2) is 24.4 Å². The van der Waals surface area contributed by atoms with Crippen molar-refractivity contribution in [1.29, 1.82) is 0 Å². The average molecular weight is 484 g/mol. The number of nitrogens with one attached hydrogen (secondary N) is 1. The number of carbonyl (C=O) groups is 1. The molecular formula is C21H22B3F3N4O4. The van der Waals surface area contributed by atoms with Gasteiger partial charge in [-0.3, -0.25) is 4.79 Å². The second-order valence-corrected chi connectivity index (χ2v) is 8.48. The van der Waals surface area contributed by atoms with E-state index < -0.39 is 34.5 Å². The molecule has 0 aliphatic carbocycles. The summed E-state index contributed by atoms with van der Waals surface area (Å²) in [4.78, 5) is 20.9. The fourth-order valence-corrected chi connectivity index (χ4v) is 3.80. The molecule has 2 unspecified atom stereocenters. The highest BCUT2D eigenvalue weighted by molar-refractivity contribution is 6.59. The van der Waals surface area contributed by atoms with Crippen LogP contribution >= 0.6 is 0 Å². The third-order valence-corrected chi connectivity index (χ3v) is 5.81.